The van der Waals surface area contributed by atoms with E-state index in [0.29, 0.717) is 23.4 Å². The summed E-state index contributed by atoms with van der Waals surface area (Å²) in [5.74, 6) is -1.65. The molecule has 1 aliphatic rings. The summed E-state index contributed by atoms with van der Waals surface area (Å²) in [6.07, 6.45) is 4.48. The first-order chi connectivity index (χ1) is 12.3. The second-order valence-corrected chi connectivity index (χ2v) is 6.36. The van der Waals surface area contributed by atoms with Crippen molar-refractivity contribution in [3.05, 3.63) is 53.3 Å². The topological polar surface area (TPSA) is 92.7 Å². The lowest BCUT2D eigenvalue weighted by Crippen LogP contribution is -2.46. The molecule has 26 heavy (non-hydrogen) atoms. The molecule has 6 nitrogen and oxygen atoms in total. The summed E-state index contributed by atoms with van der Waals surface area (Å²) >= 11 is 0. The molecule has 0 unspecified atom stereocenters. The fourth-order valence-corrected chi connectivity index (χ4v) is 2.40. The Morgan fingerprint density at radius 3 is 2.54 bits per heavy atom. The van der Waals surface area contributed by atoms with E-state index in [2.05, 4.69) is 5.32 Å². The van der Waals surface area contributed by atoms with Crippen molar-refractivity contribution in [3.63, 3.8) is 0 Å². The molecule has 0 spiro atoms. The van der Waals surface area contributed by atoms with Gasteiger partial charge in [0.15, 0.2) is 11.4 Å². The Labute approximate surface area is 152 Å². The minimum absolute atomic E-state index is 0.234. The highest BCUT2D eigenvalue weighted by atomic mass is 16.5. The van der Waals surface area contributed by atoms with Crippen molar-refractivity contribution in [2.45, 2.75) is 39.2 Å². The number of hydrogen-bond donors (Lipinski definition) is 2. The van der Waals surface area contributed by atoms with Gasteiger partial charge in [0.2, 0.25) is 5.78 Å². The average Bonchev–Trinajstić information content (AvgIpc) is 2.61. The number of unbranched alkanes of at least 4 members (excludes halogenated alkanes) is 1. The van der Waals surface area contributed by atoms with Crippen LogP contribution in [0.2, 0.25) is 0 Å². The largest absolute Gasteiger partial charge is 0.462 e. The van der Waals surface area contributed by atoms with Gasteiger partial charge in [0.05, 0.1) is 12.2 Å². The molecule has 0 saturated heterocycles. The molecule has 0 fully saturated rings. The molecule has 2 N–H and O–H groups in total. The summed E-state index contributed by atoms with van der Waals surface area (Å²) in [6, 6.07) is 6.62. The summed E-state index contributed by atoms with van der Waals surface area (Å²) in [5.41, 5.74) is -0.232. The van der Waals surface area contributed by atoms with Crippen LogP contribution in [0.25, 0.3) is 0 Å². The maximum Gasteiger partial charge on any atom is 0.338 e. The number of anilines is 1. The van der Waals surface area contributed by atoms with Gasteiger partial charge >= 0.3 is 5.97 Å². The number of carbonyl (C=O) groups excluding carboxylic acids is 3. The highest BCUT2D eigenvalue weighted by molar-refractivity contribution is 6.25. The van der Waals surface area contributed by atoms with E-state index in [-0.39, 0.29) is 11.5 Å². The number of carbonyl (C=O) groups is 3. The number of ether oxygens (including phenoxy) is 1. The summed E-state index contributed by atoms with van der Waals surface area (Å²) < 4.78 is 5.14. The Morgan fingerprint density at radius 2 is 1.92 bits per heavy atom. The van der Waals surface area contributed by atoms with E-state index < -0.39 is 17.2 Å². The van der Waals surface area contributed by atoms with Crippen LogP contribution < -0.4 is 5.32 Å². The minimum atomic E-state index is -2.04. The lowest BCUT2D eigenvalue weighted by Gasteiger charge is -2.25. The first kappa shape index (κ1) is 19.6. The summed E-state index contributed by atoms with van der Waals surface area (Å²) in [7, 11) is 0. The molecule has 0 amide bonds. The van der Waals surface area contributed by atoms with Gasteiger partial charge in [-0.25, -0.2) is 4.79 Å². The third-order valence-electron chi connectivity index (χ3n) is 4.17. The molecule has 0 aromatic heterocycles. The molecule has 1 atom stereocenters. The Hall–Kier alpha value is -2.73. The van der Waals surface area contributed by atoms with Crippen molar-refractivity contribution < 1.29 is 24.2 Å². The van der Waals surface area contributed by atoms with Crippen molar-refractivity contribution in [3.8, 4) is 0 Å². The summed E-state index contributed by atoms with van der Waals surface area (Å²) in [6.45, 7) is 5.24. The zero-order chi connectivity index (χ0) is 19.3. The summed E-state index contributed by atoms with van der Waals surface area (Å²) in [5, 5.41) is 13.0. The lowest BCUT2D eigenvalue weighted by atomic mass is 9.82. The van der Waals surface area contributed by atoms with E-state index in [4.69, 9.17) is 4.74 Å². The number of aliphatic hydroxyl groups is 1. The van der Waals surface area contributed by atoms with Gasteiger partial charge in [-0.05, 0) is 56.2 Å². The van der Waals surface area contributed by atoms with Crippen molar-refractivity contribution >= 4 is 23.2 Å². The van der Waals surface area contributed by atoms with Crippen molar-refractivity contribution in [1.29, 1.82) is 0 Å². The maximum atomic E-state index is 12.3. The van der Waals surface area contributed by atoms with Crippen LogP contribution >= 0.6 is 0 Å². The van der Waals surface area contributed by atoms with Crippen LogP contribution in [-0.4, -0.2) is 34.9 Å². The SMILES string of the molecule is CCCCOC(=O)c1ccc(N/C=C2\C(=O)[C@](C)(O)C(=O)C=C2C)cc1. The summed E-state index contributed by atoms with van der Waals surface area (Å²) in [4.78, 5) is 35.8. The van der Waals surface area contributed by atoms with Gasteiger partial charge in [-0.15, -0.1) is 0 Å². The molecule has 1 aromatic rings. The van der Waals surface area contributed by atoms with E-state index in [1.807, 2.05) is 6.92 Å². The van der Waals surface area contributed by atoms with Gasteiger partial charge < -0.3 is 15.2 Å². The molecule has 0 aliphatic heterocycles. The third kappa shape index (κ3) is 4.26. The second-order valence-electron chi connectivity index (χ2n) is 6.36. The zero-order valence-electron chi connectivity index (χ0n) is 15.2. The van der Waals surface area contributed by atoms with Crippen molar-refractivity contribution in [2.75, 3.05) is 11.9 Å². The average molecular weight is 357 g/mol. The number of ketones is 2. The normalized spacial score (nSPS) is 21.5. The smallest absolute Gasteiger partial charge is 0.338 e. The van der Waals surface area contributed by atoms with Gasteiger partial charge in [0, 0.05) is 17.5 Å². The maximum absolute atomic E-state index is 12.3. The number of esters is 1. The van der Waals surface area contributed by atoms with Crippen LogP contribution in [0.3, 0.4) is 0 Å². The Bertz CT molecular complexity index is 772. The fourth-order valence-electron chi connectivity index (χ4n) is 2.40. The molecular weight excluding hydrogens is 334 g/mol. The number of hydrogen-bond acceptors (Lipinski definition) is 6. The monoisotopic (exact) mass is 357 g/mol. The number of nitrogens with one attached hydrogen (secondary N) is 1. The molecule has 0 radical (unpaired) electrons. The highest BCUT2D eigenvalue weighted by Gasteiger charge is 2.42. The molecule has 6 heteroatoms. The Morgan fingerprint density at radius 1 is 1.27 bits per heavy atom. The van der Waals surface area contributed by atoms with Crippen LogP contribution in [0.4, 0.5) is 5.69 Å². The first-order valence-electron chi connectivity index (χ1n) is 8.51. The van der Waals surface area contributed by atoms with Gasteiger partial charge in [-0.1, -0.05) is 13.3 Å². The van der Waals surface area contributed by atoms with E-state index >= 15 is 0 Å². The predicted octanol–water partition coefficient (Wildman–Crippen LogP) is 2.79. The minimum Gasteiger partial charge on any atom is -0.462 e. The van der Waals surface area contributed by atoms with E-state index in [1.54, 1.807) is 31.2 Å². The van der Waals surface area contributed by atoms with Crippen LogP contribution in [0.1, 0.15) is 44.0 Å². The van der Waals surface area contributed by atoms with Crippen LogP contribution in [-0.2, 0) is 14.3 Å². The van der Waals surface area contributed by atoms with Gasteiger partial charge in [-0.3, -0.25) is 9.59 Å². The van der Waals surface area contributed by atoms with Crippen molar-refractivity contribution in [1.82, 2.24) is 0 Å². The molecule has 138 valence electrons. The quantitative estimate of drug-likeness (QED) is 0.352. The third-order valence-corrected chi connectivity index (χ3v) is 4.17. The van der Waals surface area contributed by atoms with E-state index in [0.717, 1.165) is 12.8 Å². The molecule has 2 rings (SSSR count). The van der Waals surface area contributed by atoms with Crippen molar-refractivity contribution in [2.24, 2.45) is 0 Å². The van der Waals surface area contributed by atoms with E-state index in [1.165, 1.54) is 19.2 Å². The molecule has 1 aromatic carbocycles. The molecular formula is C20H23NO5. The highest BCUT2D eigenvalue weighted by Crippen LogP contribution is 2.26. The van der Waals surface area contributed by atoms with Gasteiger partial charge in [0.25, 0.3) is 0 Å². The van der Waals surface area contributed by atoms with Crippen LogP contribution in [0, 0.1) is 0 Å². The molecule has 1 aliphatic carbocycles. The van der Waals surface area contributed by atoms with Crippen LogP contribution in [0.5, 0.6) is 0 Å². The Balaban J connectivity index is 2.08. The standard InChI is InChI=1S/C20H23NO5/c1-4-5-10-26-19(24)14-6-8-15(9-7-14)21-12-16-13(2)11-17(22)20(3,25)18(16)23/h6-9,11-12,21,25H,4-5,10H2,1-3H3/b16-12-/t20-/m1/s1. The second kappa shape index (κ2) is 8.10. The number of allylic oxidation sites excluding steroid dienone is 1. The Kier molecular flexibility index (Phi) is 6.10. The van der Waals surface area contributed by atoms with E-state index in [9.17, 15) is 19.5 Å². The number of benzene rings is 1. The number of Topliss-reactive ketones (excluding diaryl/α,β-unsaturated/α-hetero) is 1. The number of rotatable bonds is 6. The van der Waals surface area contributed by atoms with Gasteiger partial charge in [0.1, 0.15) is 0 Å². The molecule has 0 bridgehead atoms. The molecule has 0 saturated carbocycles. The van der Waals surface area contributed by atoms with Gasteiger partial charge in [-0.2, -0.15) is 0 Å². The predicted molar refractivity (Wildman–Crippen MR) is 97.7 cm³/mol. The lowest BCUT2D eigenvalue weighted by molar-refractivity contribution is -0.144. The first-order valence-corrected chi connectivity index (χ1v) is 8.51. The zero-order valence-corrected chi connectivity index (χ0v) is 15.2. The fraction of sp³-hybridized carbons (Fsp3) is 0.350. The van der Waals surface area contributed by atoms with Crippen LogP contribution in [0.15, 0.2) is 47.7 Å². The molecule has 0 heterocycles.